The SMILES string of the molecule is CN(C)c1ccc([C@H]2C[C@@]3(C)[C@@H](CC[C@@]3(O)C#CP(C)(C)=O)[C@@H]3CC=C4CC(=O)CCC4=C32)cc1. The van der Waals surface area contributed by atoms with Gasteiger partial charge in [-0.1, -0.05) is 36.6 Å². The zero-order valence-corrected chi connectivity index (χ0v) is 22.6. The average molecular weight is 492 g/mol. The molecular formula is C30H38NO3P. The summed E-state index contributed by atoms with van der Waals surface area (Å²) in [5, 5.41) is 12.0. The smallest absolute Gasteiger partial charge is 0.149 e. The van der Waals surface area contributed by atoms with Crippen LogP contribution in [0, 0.1) is 28.8 Å². The lowest BCUT2D eigenvalue weighted by Crippen LogP contribution is -2.50. The Morgan fingerprint density at radius 1 is 1.14 bits per heavy atom. The van der Waals surface area contributed by atoms with Crippen LogP contribution in [0.1, 0.15) is 63.4 Å². The number of benzene rings is 1. The van der Waals surface area contributed by atoms with Crippen LogP contribution in [0.3, 0.4) is 0 Å². The van der Waals surface area contributed by atoms with E-state index in [2.05, 4.69) is 67.8 Å². The topological polar surface area (TPSA) is 57.6 Å². The molecule has 5 atom stereocenters. The molecule has 1 aromatic rings. The summed E-state index contributed by atoms with van der Waals surface area (Å²) in [6.07, 6.45) is 7.65. The van der Waals surface area contributed by atoms with Gasteiger partial charge in [-0.25, -0.2) is 0 Å². The fourth-order valence-corrected chi connectivity index (χ4v) is 7.79. The molecule has 0 amide bonds. The second-order valence-electron chi connectivity index (χ2n) is 12.0. The molecule has 4 nitrogen and oxygen atoms in total. The zero-order chi connectivity index (χ0) is 25.2. The molecule has 3 fully saturated rings. The zero-order valence-electron chi connectivity index (χ0n) is 21.7. The molecule has 0 spiro atoms. The Labute approximate surface area is 210 Å². The molecule has 0 saturated heterocycles. The Hall–Kier alpha value is -2.08. The van der Waals surface area contributed by atoms with Gasteiger partial charge in [0.25, 0.3) is 0 Å². The first-order chi connectivity index (χ1) is 16.4. The van der Waals surface area contributed by atoms with Gasteiger partial charge in [-0.15, -0.1) is 0 Å². The summed E-state index contributed by atoms with van der Waals surface area (Å²) in [5.41, 5.74) is 8.05. The van der Waals surface area contributed by atoms with Crippen molar-refractivity contribution >= 4 is 18.6 Å². The molecule has 5 rings (SSSR count). The standard InChI is InChI=1S/C30H38NO3P/c1-29-19-26(20-6-9-22(10-7-20)31(2)3)28-24-13-11-23(32)18-21(24)8-12-25(28)27(29)14-15-30(29,33)16-17-35(4,5)34/h6-10,25-27,33H,11-15,18-19H2,1-5H3/t25-,26+,27-,29-,30+/m0/s1. The van der Waals surface area contributed by atoms with Crippen molar-refractivity contribution in [3.05, 3.63) is 52.6 Å². The second-order valence-corrected chi connectivity index (χ2v) is 14.9. The van der Waals surface area contributed by atoms with Crippen LogP contribution in [-0.4, -0.2) is 43.9 Å². The van der Waals surface area contributed by atoms with Crippen molar-refractivity contribution < 1.29 is 14.5 Å². The molecule has 4 aliphatic rings. The minimum Gasteiger partial charge on any atom is -0.378 e. The summed E-state index contributed by atoms with van der Waals surface area (Å²) in [6.45, 7) is 5.57. The van der Waals surface area contributed by atoms with Crippen molar-refractivity contribution in [1.29, 1.82) is 0 Å². The summed E-state index contributed by atoms with van der Waals surface area (Å²) < 4.78 is 12.4. The van der Waals surface area contributed by atoms with E-state index in [4.69, 9.17) is 0 Å². The highest BCUT2D eigenvalue weighted by Crippen LogP contribution is 2.66. The molecule has 0 aromatic heterocycles. The van der Waals surface area contributed by atoms with Gasteiger partial charge in [0.1, 0.15) is 18.5 Å². The lowest BCUT2D eigenvalue weighted by Gasteiger charge is -2.53. The van der Waals surface area contributed by atoms with Crippen molar-refractivity contribution in [1.82, 2.24) is 0 Å². The summed E-state index contributed by atoms with van der Waals surface area (Å²) in [5.74, 6) is 4.36. The number of carbonyl (C=O) groups is 1. The fraction of sp³-hybridized carbons (Fsp3) is 0.567. The first-order valence-electron chi connectivity index (χ1n) is 12.9. The highest BCUT2D eigenvalue weighted by atomic mass is 31.2. The van der Waals surface area contributed by atoms with Crippen LogP contribution in [0.25, 0.3) is 0 Å². The molecule has 0 unspecified atom stereocenters. The van der Waals surface area contributed by atoms with E-state index in [1.807, 2.05) is 0 Å². The van der Waals surface area contributed by atoms with Crippen molar-refractivity contribution in [2.45, 2.75) is 63.4 Å². The van der Waals surface area contributed by atoms with E-state index >= 15 is 0 Å². The van der Waals surface area contributed by atoms with Gasteiger partial charge in [-0.2, -0.15) is 0 Å². The van der Waals surface area contributed by atoms with Gasteiger partial charge in [-0.05, 0) is 91.8 Å². The molecule has 0 heterocycles. The largest absolute Gasteiger partial charge is 0.378 e. The molecule has 1 aromatic carbocycles. The number of aliphatic hydroxyl groups is 1. The molecule has 5 heteroatoms. The maximum absolute atomic E-state index is 12.4. The Balaban J connectivity index is 1.64. The highest BCUT2D eigenvalue weighted by Gasteiger charge is 2.62. The molecule has 0 aliphatic heterocycles. The van der Waals surface area contributed by atoms with E-state index in [1.54, 1.807) is 13.3 Å². The normalized spacial score (nSPS) is 34.3. The van der Waals surface area contributed by atoms with Crippen molar-refractivity contribution in [3.8, 4) is 11.6 Å². The summed E-state index contributed by atoms with van der Waals surface area (Å²) in [4.78, 5) is 14.4. The quantitative estimate of drug-likeness (QED) is 0.409. The van der Waals surface area contributed by atoms with Crippen LogP contribution in [-0.2, 0) is 9.36 Å². The predicted octanol–water partition coefficient (Wildman–Crippen LogP) is 5.97. The van der Waals surface area contributed by atoms with Gasteiger partial charge in [0.05, 0.1) is 0 Å². The van der Waals surface area contributed by atoms with E-state index < -0.39 is 12.7 Å². The number of carbonyl (C=O) groups excluding carboxylic acids is 1. The molecule has 3 saturated carbocycles. The Morgan fingerprint density at radius 3 is 2.51 bits per heavy atom. The summed E-state index contributed by atoms with van der Waals surface area (Å²) in [6, 6.07) is 8.84. The van der Waals surface area contributed by atoms with Crippen LogP contribution in [0.4, 0.5) is 5.69 Å². The predicted molar refractivity (Wildman–Crippen MR) is 143 cm³/mol. The first-order valence-corrected chi connectivity index (χ1v) is 15.5. The van der Waals surface area contributed by atoms with Crippen LogP contribution < -0.4 is 4.90 Å². The van der Waals surface area contributed by atoms with Gasteiger partial charge in [0.2, 0.25) is 0 Å². The van der Waals surface area contributed by atoms with Crippen LogP contribution in [0.5, 0.6) is 0 Å². The minimum atomic E-state index is -2.56. The first kappa shape index (κ1) is 24.6. The Bertz CT molecular complexity index is 1220. The lowest BCUT2D eigenvalue weighted by molar-refractivity contribution is -0.118. The van der Waals surface area contributed by atoms with Gasteiger partial charge in [-0.3, -0.25) is 4.79 Å². The number of rotatable bonds is 2. The average Bonchev–Trinajstić information content (AvgIpc) is 3.07. The monoisotopic (exact) mass is 491 g/mol. The van der Waals surface area contributed by atoms with Crippen molar-refractivity contribution in [2.75, 3.05) is 32.3 Å². The lowest BCUT2D eigenvalue weighted by atomic mass is 9.51. The maximum Gasteiger partial charge on any atom is 0.149 e. The van der Waals surface area contributed by atoms with E-state index in [0.29, 0.717) is 36.9 Å². The fourth-order valence-electron chi connectivity index (χ4n) is 7.34. The molecule has 1 N–H and O–H groups in total. The number of anilines is 1. The molecule has 0 bridgehead atoms. The van der Waals surface area contributed by atoms with E-state index in [9.17, 15) is 14.5 Å². The minimum absolute atomic E-state index is 0.186. The van der Waals surface area contributed by atoms with Crippen LogP contribution in [0.2, 0.25) is 0 Å². The Kier molecular flexibility index (Phi) is 5.98. The summed E-state index contributed by atoms with van der Waals surface area (Å²) >= 11 is 0. The van der Waals surface area contributed by atoms with Crippen molar-refractivity contribution in [3.63, 3.8) is 0 Å². The molecule has 0 radical (unpaired) electrons. The Morgan fingerprint density at radius 2 is 1.86 bits per heavy atom. The van der Waals surface area contributed by atoms with Gasteiger partial charge < -0.3 is 14.6 Å². The summed E-state index contributed by atoms with van der Waals surface area (Å²) in [7, 11) is 1.55. The maximum atomic E-state index is 12.4. The van der Waals surface area contributed by atoms with Gasteiger partial charge in [0, 0.05) is 44.0 Å². The highest BCUT2D eigenvalue weighted by molar-refractivity contribution is 7.67. The number of hydrogen-bond acceptors (Lipinski definition) is 4. The number of fused-ring (bicyclic) bond motifs is 4. The molecular weight excluding hydrogens is 453 g/mol. The molecule has 35 heavy (non-hydrogen) atoms. The number of hydrogen-bond donors (Lipinski definition) is 1. The van der Waals surface area contributed by atoms with E-state index in [-0.39, 0.29) is 11.3 Å². The van der Waals surface area contributed by atoms with E-state index in [0.717, 1.165) is 25.7 Å². The molecule has 4 aliphatic carbocycles. The van der Waals surface area contributed by atoms with Crippen molar-refractivity contribution in [2.24, 2.45) is 17.3 Å². The van der Waals surface area contributed by atoms with E-state index in [1.165, 1.54) is 28.0 Å². The number of allylic oxidation sites excluding steroid dienone is 4. The number of nitrogens with zero attached hydrogens (tertiary/aromatic N) is 1. The third kappa shape index (κ3) is 4.16. The van der Waals surface area contributed by atoms with Gasteiger partial charge >= 0.3 is 0 Å². The number of ketones is 1. The molecule has 186 valence electrons. The van der Waals surface area contributed by atoms with Gasteiger partial charge in [0.15, 0.2) is 0 Å². The third-order valence-electron chi connectivity index (χ3n) is 9.21. The number of Topliss-reactive ketones (excluding diaryl/α,β-unsaturated/α-hetero) is 1. The van der Waals surface area contributed by atoms with Crippen LogP contribution in [0.15, 0.2) is 47.1 Å². The van der Waals surface area contributed by atoms with Crippen LogP contribution >= 0.6 is 7.14 Å². The third-order valence-corrected chi connectivity index (χ3v) is 9.86. The second kappa shape index (κ2) is 8.50.